The molecule has 0 amide bonds. The van der Waals surface area contributed by atoms with Crippen LogP contribution in [0.5, 0.6) is 5.75 Å². The van der Waals surface area contributed by atoms with Gasteiger partial charge >= 0.3 is 0 Å². The summed E-state index contributed by atoms with van der Waals surface area (Å²) in [6.07, 6.45) is 0.827. The molecule has 0 fully saturated rings. The molecule has 3 rings (SSSR count). The van der Waals surface area contributed by atoms with Crippen LogP contribution < -0.4 is 4.90 Å². The molecule has 0 unspecified atom stereocenters. The number of aromatic hydroxyl groups is 1. The zero-order valence-corrected chi connectivity index (χ0v) is 12.0. The van der Waals surface area contributed by atoms with E-state index < -0.39 is 0 Å². The molecule has 2 heterocycles. The largest absolute Gasteiger partial charge is 0.506 e. The lowest BCUT2D eigenvalue weighted by molar-refractivity contribution is 0.475. The van der Waals surface area contributed by atoms with Crippen LogP contribution in [-0.2, 0) is 6.42 Å². The Balaban J connectivity index is 2.20. The smallest absolute Gasteiger partial charge is 0.136 e. The Morgan fingerprint density at radius 2 is 2.26 bits per heavy atom. The molecule has 19 heavy (non-hydrogen) atoms. The van der Waals surface area contributed by atoms with Crippen LogP contribution in [0.1, 0.15) is 12.5 Å². The molecule has 0 aliphatic carbocycles. The molecule has 3 nitrogen and oxygen atoms in total. The molecule has 0 atom stereocenters. The molecular weight excluding hydrogens is 280 g/mol. The minimum atomic E-state index is 0.107. The van der Waals surface area contributed by atoms with Gasteiger partial charge in [0.2, 0.25) is 0 Å². The monoisotopic (exact) mass is 292 g/mol. The van der Waals surface area contributed by atoms with Crippen LogP contribution in [0.4, 0.5) is 11.4 Å². The Hall–Kier alpha value is -1.52. The SMILES string of the molecule is CC1=NCCc2cc(Cl)c(O)cc2N1c1ccsc1. The first kappa shape index (κ1) is 12.5. The third-order valence-electron chi connectivity index (χ3n) is 3.20. The van der Waals surface area contributed by atoms with E-state index in [9.17, 15) is 5.11 Å². The van der Waals surface area contributed by atoms with Gasteiger partial charge in [-0.2, -0.15) is 11.3 Å². The van der Waals surface area contributed by atoms with E-state index in [-0.39, 0.29) is 5.75 Å². The summed E-state index contributed by atoms with van der Waals surface area (Å²) in [6, 6.07) is 5.60. The standard InChI is InChI=1S/C14H13ClN2OS/c1-9-16-4-2-10-6-12(15)14(18)7-13(10)17(9)11-3-5-19-8-11/h3,5-8,18H,2,4H2,1H3. The van der Waals surface area contributed by atoms with E-state index in [1.165, 1.54) is 0 Å². The minimum Gasteiger partial charge on any atom is -0.506 e. The predicted molar refractivity (Wildman–Crippen MR) is 81.3 cm³/mol. The molecule has 2 aromatic rings. The van der Waals surface area contributed by atoms with Gasteiger partial charge in [-0.25, -0.2) is 0 Å². The second-order valence-corrected chi connectivity index (χ2v) is 5.62. The van der Waals surface area contributed by atoms with E-state index in [2.05, 4.69) is 15.3 Å². The molecule has 0 spiro atoms. The number of benzene rings is 1. The highest BCUT2D eigenvalue weighted by Crippen LogP contribution is 2.38. The van der Waals surface area contributed by atoms with Gasteiger partial charge in [0.25, 0.3) is 0 Å². The normalized spacial score (nSPS) is 14.8. The molecule has 1 aliphatic heterocycles. The molecule has 1 aliphatic rings. The van der Waals surface area contributed by atoms with Crippen molar-refractivity contribution >= 4 is 40.1 Å². The Morgan fingerprint density at radius 1 is 1.42 bits per heavy atom. The number of hydrogen-bond donors (Lipinski definition) is 1. The van der Waals surface area contributed by atoms with Gasteiger partial charge < -0.3 is 5.11 Å². The van der Waals surface area contributed by atoms with E-state index >= 15 is 0 Å². The highest BCUT2D eigenvalue weighted by Gasteiger charge is 2.21. The Labute approximate surface area is 120 Å². The van der Waals surface area contributed by atoms with E-state index in [1.807, 2.05) is 24.4 Å². The summed E-state index contributed by atoms with van der Waals surface area (Å²) >= 11 is 7.64. The third-order valence-corrected chi connectivity index (χ3v) is 4.17. The molecule has 5 heteroatoms. The van der Waals surface area contributed by atoms with Crippen molar-refractivity contribution in [3.05, 3.63) is 39.5 Å². The van der Waals surface area contributed by atoms with Gasteiger partial charge in [0.15, 0.2) is 0 Å². The Morgan fingerprint density at radius 3 is 3.00 bits per heavy atom. The maximum atomic E-state index is 9.87. The first-order chi connectivity index (χ1) is 9.16. The number of hydrogen-bond acceptors (Lipinski definition) is 4. The predicted octanol–water partition coefficient (Wildman–Crippen LogP) is 4.22. The number of rotatable bonds is 1. The second-order valence-electron chi connectivity index (χ2n) is 4.43. The number of aliphatic imine (C=N–C) groups is 1. The van der Waals surface area contributed by atoms with Crippen LogP contribution in [0.2, 0.25) is 5.02 Å². The zero-order valence-electron chi connectivity index (χ0n) is 10.4. The third kappa shape index (κ3) is 2.22. The van der Waals surface area contributed by atoms with Crippen LogP contribution in [0.25, 0.3) is 0 Å². The number of phenols is 1. The summed E-state index contributed by atoms with van der Waals surface area (Å²) in [5, 5.41) is 14.4. The first-order valence-electron chi connectivity index (χ1n) is 6.01. The molecule has 1 aromatic carbocycles. The van der Waals surface area contributed by atoms with E-state index in [0.717, 1.165) is 35.7 Å². The fraction of sp³-hybridized carbons (Fsp3) is 0.214. The van der Waals surface area contributed by atoms with Gasteiger partial charge in [-0.15, -0.1) is 0 Å². The number of fused-ring (bicyclic) bond motifs is 1. The van der Waals surface area contributed by atoms with Crippen LogP contribution in [-0.4, -0.2) is 17.5 Å². The number of phenolic OH excluding ortho intramolecular Hbond substituents is 1. The topological polar surface area (TPSA) is 35.8 Å². The first-order valence-corrected chi connectivity index (χ1v) is 7.33. The molecular formula is C14H13ClN2OS. The average Bonchev–Trinajstić information content (AvgIpc) is 2.84. The fourth-order valence-electron chi connectivity index (χ4n) is 2.29. The maximum Gasteiger partial charge on any atom is 0.136 e. The molecule has 0 radical (unpaired) electrons. The van der Waals surface area contributed by atoms with Crippen LogP contribution in [0.3, 0.4) is 0 Å². The molecule has 0 saturated heterocycles. The van der Waals surface area contributed by atoms with E-state index in [0.29, 0.717) is 5.02 Å². The molecule has 0 bridgehead atoms. The van der Waals surface area contributed by atoms with Crippen molar-refractivity contribution in [3.63, 3.8) is 0 Å². The highest BCUT2D eigenvalue weighted by atomic mass is 35.5. The number of amidine groups is 1. The van der Waals surface area contributed by atoms with Crippen molar-refractivity contribution in [3.8, 4) is 5.75 Å². The number of thiophene rings is 1. The van der Waals surface area contributed by atoms with Crippen molar-refractivity contribution in [2.24, 2.45) is 4.99 Å². The van der Waals surface area contributed by atoms with Gasteiger partial charge in [0.1, 0.15) is 11.6 Å². The summed E-state index contributed by atoms with van der Waals surface area (Å²) in [5.74, 6) is 1.04. The maximum absolute atomic E-state index is 9.87. The van der Waals surface area contributed by atoms with E-state index in [4.69, 9.17) is 11.6 Å². The summed E-state index contributed by atoms with van der Waals surface area (Å²) < 4.78 is 0. The van der Waals surface area contributed by atoms with Gasteiger partial charge in [-0.05, 0) is 36.4 Å². The number of halogens is 1. The zero-order chi connectivity index (χ0) is 13.4. The van der Waals surface area contributed by atoms with Gasteiger partial charge in [0, 0.05) is 18.0 Å². The highest BCUT2D eigenvalue weighted by molar-refractivity contribution is 7.08. The van der Waals surface area contributed by atoms with Crippen molar-refractivity contribution in [1.82, 2.24) is 0 Å². The van der Waals surface area contributed by atoms with Crippen LogP contribution in [0, 0.1) is 0 Å². The summed E-state index contributed by atoms with van der Waals surface area (Å²) in [5.41, 5.74) is 3.13. The number of anilines is 2. The van der Waals surface area contributed by atoms with Crippen molar-refractivity contribution in [2.75, 3.05) is 11.4 Å². The molecule has 98 valence electrons. The van der Waals surface area contributed by atoms with Crippen molar-refractivity contribution < 1.29 is 5.11 Å². The lowest BCUT2D eigenvalue weighted by atomic mass is 10.1. The summed E-state index contributed by atoms with van der Waals surface area (Å²) in [6.45, 7) is 2.72. The summed E-state index contributed by atoms with van der Waals surface area (Å²) in [4.78, 5) is 6.62. The fourth-order valence-corrected chi connectivity index (χ4v) is 3.10. The second kappa shape index (κ2) is 4.87. The lowest BCUT2D eigenvalue weighted by Crippen LogP contribution is -2.22. The van der Waals surface area contributed by atoms with Gasteiger partial charge in [0.05, 0.1) is 16.4 Å². The quantitative estimate of drug-likeness (QED) is 0.854. The lowest BCUT2D eigenvalue weighted by Gasteiger charge is -2.24. The van der Waals surface area contributed by atoms with Crippen molar-refractivity contribution in [2.45, 2.75) is 13.3 Å². The average molecular weight is 293 g/mol. The van der Waals surface area contributed by atoms with Gasteiger partial charge in [-0.1, -0.05) is 11.6 Å². The Kier molecular flexibility index (Phi) is 3.21. The Bertz CT molecular complexity index is 637. The van der Waals surface area contributed by atoms with Crippen LogP contribution in [0.15, 0.2) is 34.0 Å². The van der Waals surface area contributed by atoms with Crippen LogP contribution >= 0.6 is 22.9 Å². The van der Waals surface area contributed by atoms with Crippen molar-refractivity contribution in [1.29, 1.82) is 0 Å². The molecule has 1 aromatic heterocycles. The molecule has 0 saturated carbocycles. The summed E-state index contributed by atoms with van der Waals surface area (Å²) in [7, 11) is 0. The van der Waals surface area contributed by atoms with Gasteiger partial charge in [-0.3, -0.25) is 9.89 Å². The minimum absolute atomic E-state index is 0.107. The van der Waals surface area contributed by atoms with E-state index in [1.54, 1.807) is 17.4 Å². The number of nitrogens with zero attached hydrogens (tertiary/aromatic N) is 2. The molecule has 1 N–H and O–H groups in total.